The zero-order valence-corrected chi connectivity index (χ0v) is 10.8. The van der Waals surface area contributed by atoms with Gasteiger partial charge in [-0.05, 0) is 12.1 Å². The molecule has 0 amide bonds. The topological polar surface area (TPSA) is 54.5 Å². The summed E-state index contributed by atoms with van der Waals surface area (Å²) in [4.78, 5) is 10.8. The molecule has 0 atom stereocenters. The molecule has 7 heteroatoms. The summed E-state index contributed by atoms with van der Waals surface area (Å²) in [5, 5.41) is 0. The molecular formula is C11H13BFNO3S. The van der Waals surface area contributed by atoms with E-state index < -0.39 is 15.8 Å². The van der Waals surface area contributed by atoms with E-state index in [9.17, 15) is 17.6 Å². The van der Waals surface area contributed by atoms with Gasteiger partial charge in [-0.25, -0.2) is 12.8 Å². The second kappa shape index (κ2) is 4.82. The smallest absolute Gasteiger partial charge is 0.246 e. The molecule has 1 aromatic rings. The molecule has 1 fully saturated rings. The Morgan fingerprint density at radius 3 is 2.39 bits per heavy atom. The Hall–Kier alpha value is -1.21. The molecule has 1 aromatic carbocycles. The van der Waals surface area contributed by atoms with Crippen molar-refractivity contribution in [3.05, 3.63) is 24.0 Å². The summed E-state index contributed by atoms with van der Waals surface area (Å²) in [6, 6.07) is 4.03. The van der Waals surface area contributed by atoms with Gasteiger partial charge in [-0.3, -0.25) is 4.79 Å². The van der Waals surface area contributed by atoms with Crippen molar-refractivity contribution >= 4 is 29.1 Å². The maximum atomic E-state index is 13.7. The van der Waals surface area contributed by atoms with Crippen molar-refractivity contribution in [2.45, 2.75) is 17.7 Å². The van der Waals surface area contributed by atoms with Crippen LogP contribution in [0.5, 0.6) is 0 Å². The molecule has 0 spiro atoms. The molecule has 1 aliphatic rings. The molecular weight excluding hydrogens is 256 g/mol. The van der Waals surface area contributed by atoms with Crippen LogP contribution >= 0.6 is 0 Å². The van der Waals surface area contributed by atoms with Gasteiger partial charge in [0, 0.05) is 25.9 Å². The first-order chi connectivity index (χ1) is 8.41. The summed E-state index contributed by atoms with van der Waals surface area (Å²) in [6.45, 7) is 0.267. The first-order valence-corrected chi connectivity index (χ1v) is 7.13. The first-order valence-electron chi connectivity index (χ1n) is 5.69. The minimum absolute atomic E-state index is 0.0471. The molecule has 96 valence electrons. The molecule has 0 unspecified atom stereocenters. The van der Waals surface area contributed by atoms with Crippen LogP contribution in [0, 0.1) is 5.82 Å². The number of hydrogen-bond donors (Lipinski definition) is 0. The summed E-state index contributed by atoms with van der Waals surface area (Å²) in [5.41, 5.74) is 0.667. The highest BCUT2D eigenvalue weighted by Gasteiger charge is 2.30. The van der Waals surface area contributed by atoms with Gasteiger partial charge >= 0.3 is 0 Å². The molecule has 4 nitrogen and oxygen atoms in total. The third-order valence-electron chi connectivity index (χ3n) is 2.99. The van der Waals surface area contributed by atoms with E-state index in [1.807, 2.05) is 0 Å². The third-order valence-corrected chi connectivity index (χ3v) is 4.92. The number of nitrogens with zero attached hydrogens (tertiary/aromatic N) is 1. The van der Waals surface area contributed by atoms with E-state index in [4.69, 9.17) is 0 Å². The number of Topliss-reactive ketones (excluding diaryl/α,β-unsaturated/α-hetero) is 1. The first kappa shape index (κ1) is 13.2. The summed E-state index contributed by atoms with van der Waals surface area (Å²) in [5.74, 6) is -0.697. The number of benzene rings is 1. The Kier molecular flexibility index (Phi) is 3.54. The van der Waals surface area contributed by atoms with Gasteiger partial charge in [0.2, 0.25) is 10.0 Å². The maximum Gasteiger partial charge on any atom is 0.246 e. The molecule has 0 aromatic heterocycles. The normalized spacial score (nSPS) is 17.9. The number of sulfonamides is 1. The van der Waals surface area contributed by atoms with Gasteiger partial charge < -0.3 is 0 Å². The van der Waals surface area contributed by atoms with Gasteiger partial charge in [-0.1, -0.05) is 11.5 Å². The van der Waals surface area contributed by atoms with E-state index in [1.165, 1.54) is 16.4 Å². The molecule has 0 saturated carbocycles. The fraction of sp³-hybridized carbons (Fsp3) is 0.364. The predicted molar refractivity (Wildman–Crippen MR) is 67.6 cm³/mol. The number of carbonyl (C=O) groups is 1. The minimum Gasteiger partial charge on any atom is -0.300 e. The summed E-state index contributed by atoms with van der Waals surface area (Å²) >= 11 is 0. The second-order valence-corrected chi connectivity index (χ2v) is 6.28. The number of ketones is 1. The van der Waals surface area contributed by atoms with Crippen molar-refractivity contribution in [2.75, 3.05) is 13.1 Å². The van der Waals surface area contributed by atoms with Crippen LogP contribution in [-0.4, -0.2) is 39.4 Å². The van der Waals surface area contributed by atoms with E-state index in [-0.39, 0.29) is 36.6 Å². The number of carbonyl (C=O) groups excluding carboxylic acids is 1. The van der Waals surface area contributed by atoms with Gasteiger partial charge in [0.15, 0.2) is 0 Å². The molecule has 0 bridgehead atoms. The lowest BCUT2D eigenvalue weighted by atomic mass is 9.97. The molecule has 2 rings (SSSR count). The van der Waals surface area contributed by atoms with Gasteiger partial charge in [0.25, 0.3) is 0 Å². The van der Waals surface area contributed by atoms with Gasteiger partial charge in [-0.2, -0.15) is 4.31 Å². The predicted octanol–water partition coefficient (Wildman–Crippen LogP) is -0.562. The Bertz CT molecular complexity index is 578. The van der Waals surface area contributed by atoms with Crippen LogP contribution in [-0.2, 0) is 14.8 Å². The van der Waals surface area contributed by atoms with E-state index >= 15 is 0 Å². The monoisotopic (exact) mass is 269 g/mol. The summed E-state index contributed by atoms with van der Waals surface area (Å²) < 4.78 is 39.3. The summed E-state index contributed by atoms with van der Waals surface area (Å²) in [7, 11) is -2.13. The molecule has 1 aliphatic heterocycles. The van der Waals surface area contributed by atoms with Crippen molar-refractivity contribution in [2.24, 2.45) is 0 Å². The number of piperidine rings is 1. The maximum absolute atomic E-state index is 13.7. The molecule has 1 heterocycles. The SMILES string of the molecule is Bc1ccc(S(=O)(=O)N2CCC(=O)CC2)c(F)c1. The third kappa shape index (κ3) is 2.47. The van der Waals surface area contributed by atoms with E-state index in [0.29, 0.717) is 5.46 Å². The van der Waals surface area contributed by atoms with Gasteiger partial charge in [0.05, 0.1) is 0 Å². The van der Waals surface area contributed by atoms with Crippen LogP contribution in [0.2, 0.25) is 0 Å². The zero-order chi connectivity index (χ0) is 13.3. The molecule has 18 heavy (non-hydrogen) atoms. The minimum atomic E-state index is -3.83. The highest BCUT2D eigenvalue weighted by molar-refractivity contribution is 7.89. The molecule has 0 aliphatic carbocycles. The highest BCUT2D eigenvalue weighted by atomic mass is 32.2. The zero-order valence-electron chi connectivity index (χ0n) is 10.0. The fourth-order valence-electron chi connectivity index (χ4n) is 1.93. The van der Waals surface area contributed by atoms with Crippen molar-refractivity contribution in [3.8, 4) is 0 Å². The molecule has 0 N–H and O–H groups in total. The lowest BCUT2D eigenvalue weighted by Crippen LogP contribution is -2.39. The van der Waals surface area contributed by atoms with Crippen LogP contribution in [0.4, 0.5) is 4.39 Å². The van der Waals surface area contributed by atoms with Crippen LogP contribution in [0.15, 0.2) is 23.1 Å². The average Bonchev–Trinajstić information content (AvgIpc) is 2.29. The van der Waals surface area contributed by atoms with Crippen molar-refractivity contribution in [1.82, 2.24) is 4.31 Å². The second-order valence-electron chi connectivity index (χ2n) is 4.38. The van der Waals surface area contributed by atoms with Gasteiger partial charge in [-0.15, -0.1) is 0 Å². The molecule has 0 radical (unpaired) electrons. The quantitative estimate of drug-likeness (QED) is 0.676. The Morgan fingerprint density at radius 1 is 1.22 bits per heavy atom. The van der Waals surface area contributed by atoms with Crippen LogP contribution in [0.1, 0.15) is 12.8 Å². The Labute approximate surface area is 106 Å². The van der Waals surface area contributed by atoms with E-state index in [2.05, 4.69) is 0 Å². The number of rotatable bonds is 2. The lowest BCUT2D eigenvalue weighted by Gasteiger charge is -2.25. The van der Waals surface area contributed by atoms with Crippen LogP contribution in [0.25, 0.3) is 0 Å². The highest BCUT2D eigenvalue weighted by Crippen LogP contribution is 2.21. The van der Waals surface area contributed by atoms with Crippen LogP contribution in [0.3, 0.4) is 0 Å². The lowest BCUT2D eigenvalue weighted by molar-refractivity contribution is -0.120. The van der Waals surface area contributed by atoms with E-state index in [0.717, 1.165) is 0 Å². The number of halogens is 1. The molecule has 1 saturated heterocycles. The Morgan fingerprint density at radius 2 is 1.83 bits per heavy atom. The standard InChI is InChI=1S/C11H13BFNO3S/c12-8-1-2-11(10(13)7-8)18(16,17)14-5-3-9(15)4-6-14/h1-2,7H,3-6,12H2. The summed E-state index contributed by atoms with van der Waals surface area (Å²) in [6.07, 6.45) is 0.402. The fourth-order valence-corrected chi connectivity index (χ4v) is 3.42. The largest absolute Gasteiger partial charge is 0.300 e. The number of hydrogen-bond acceptors (Lipinski definition) is 3. The van der Waals surface area contributed by atoms with Crippen molar-refractivity contribution in [3.63, 3.8) is 0 Å². The van der Waals surface area contributed by atoms with Crippen LogP contribution < -0.4 is 5.46 Å². The van der Waals surface area contributed by atoms with E-state index in [1.54, 1.807) is 13.9 Å². The van der Waals surface area contributed by atoms with Crippen molar-refractivity contribution < 1.29 is 17.6 Å². The average molecular weight is 269 g/mol. The van der Waals surface area contributed by atoms with Gasteiger partial charge in [0.1, 0.15) is 24.3 Å². The van der Waals surface area contributed by atoms with Crippen molar-refractivity contribution in [1.29, 1.82) is 0 Å². The Balaban J connectivity index is 2.33.